The second kappa shape index (κ2) is 8.68. The van der Waals surface area contributed by atoms with Gasteiger partial charge < -0.3 is 15.0 Å². The predicted molar refractivity (Wildman–Crippen MR) is 119 cm³/mol. The van der Waals surface area contributed by atoms with E-state index in [9.17, 15) is 14.7 Å². The molecule has 0 unspecified atom stereocenters. The van der Waals surface area contributed by atoms with Gasteiger partial charge in [-0.05, 0) is 23.8 Å². The first-order valence-electron chi connectivity index (χ1n) is 11.0. The van der Waals surface area contributed by atoms with Crippen LogP contribution in [0.25, 0.3) is 0 Å². The van der Waals surface area contributed by atoms with Gasteiger partial charge >= 0.3 is 0 Å². The van der Waals surface area contributed by atoms with Crippen molar-refractivity contribution in [1.82, 2.24) is 19.8 Å². The molecule has 1 aromatic carbocycles. The molecule has 2 aromatic heterocycles. The van der Waals surface area contributed by atoms with Crippen LogP contribution in [-0.4, -0.2) is 38.1 Å². The lowest BCUT2D eigenvalue weighted by molar-refractivity contribution is -0.127. The van der Waals surface area contributed by atoms with Crippen LogP contribution in [0, 0.1) is 11.8 Å². The van der Waals surface area contributed by atoms with E-state index >= 15 is 0 Å². The van der Waals surface area contributed by atoms with E-state index in [0.29, 0.717) is 19.6 Å². The first-order chi connectivity index (χ1) is 15.7. The number of pyridine rings is 2. The van der Waals surface area contributed by atoms with Gasteiger partial charge in [0.15, 0.2) is 0 Å². The molecule has 2 bridgehead atoms. The number of aliphatic hydroxyl groups is 1. The standard InChI is InChI=1S/C25H26N4O3/c30-16-19-21-15-28-20(10-6-11-22(28)31)24(29(21)14-18-9-4-5-12-26-18)23(19)25(32)27-13-17-7-2-1-3-8-17/h1-12,19,21,23-24,30H,13-16H2,(H,27,32)/t19-,21-,23+,24+/m1/s1. The lowest BCUT2D eigenvalue weighted by atomic mass is 9.86. The number of hydrogen-bond donors (Lipinski definition) is 2. The number of carbonyl (C=O) groups excluding carboxylic acids is 1. The SMILES string of the molecule is O=C(NCc1ccccc1)[C@H]1[C@H](CO)[C@H]2Cn3c(cccc3=O)[C@@H]1N2Cc1ccccn1. The fourth-order valence-corrected chi connectivity index (χ4v) is 5.27. The molecule has 0 spiro atoms. The molecule has 3 aromatic rings. The topological polar surface area (TPSA) is 87.5 Å². The molecule has 2 N–H and O–H groups in total. The van der Waals surface area contributed by atoms with Crippen LogP contribution in [0.5, 0.6) is 0 Å². The molecule has 5 rings (SSSR count). The Kier molecular flexibility index (Phi) is 5.59. The highest BCUT2D eigenvalue weighted by atomic mass is 16.3. The Hall–Kier alpha value is -3.29. The van der Waals surface area contributed by atoms with Crippen molar-refractivity contribution in [1.29, 1.82) is 0 Å². The van der Waals surface area contributed by atoms with Crippen LogP contribution in [0.15, 0.2) is 77.7 Å². The molecule has 2 aliphatic rings. The molecular formula is C25H26N4O3. The third kappa shape index (κ3) is 3.63. The molecule has 7 nitrogen and oxygen atoms in total. The molecule has 0 radical (unpaired) electrons. The summed E-state index contributed by atoms with van der Waals surface area (Å²) in [6.07, 6.45) is 1.76. The molecule has 0 saturated carbocycles. The van der Waals surface area contributed by atoms with Gasteiger partial charge in [0.1, 0.15) is 0 Å². The fraction of sp³-hybridized carbons (Fsp3) is 0.320. The highest BCUT2D eigenvalue weighted by Gasteiger charge is 2.55. The normalized spacial score (nSPS) is 24.2. The molecule has 164 valence electrons. The molecule has 1 amide bonds. The lowest BCUT2D eigenvalue weighted by Crippen LogP contribution is -2.46. The van der Waals surface area contributed by atoms with Crippen molar-refractivity contribution in [3.63, 3.8) is 0 Å². The number of aliphatic hydroxyl groups excluding tert-OH is 1. The summed E-state index contributed by atoms with van der Waals surface area (Å²) in [5, 5.41) is 13.4. The van der Waals surface area contributed by atoms with Crippen molar-refractivity contribution < 1.29 is 9.90 Å². The fourth-order valence-electron chi connectivity index (χ4n) is 5.27. The maximum absolute atomic E-state index is 13.5. The molecule has 7 heteroatoms. The van der Waals surface area contributed by atoms with Crippen molar-refractivity contribution in [2.45, 2.75) is 31.7 Å². The van der Waals surface area contributed by atoms with Crippen molar-refractivity contribution in [2.75, 3.05) is 6.61 Å². The minimum atomic E-state index is -0.465. The monoisotopic (exact) mass is 430 g/mol. The summed E-state index contributed by atoms with van der Waals surface area (Å²) in [5.41, 5.74) is 2.66. The zero-order valence-corrected chi connectivity index (χ0v) is 17.7. The van der Waals surface area contributed by atoms with Crippen LogP contribution in [0.3, 0.4) is 0 Å². The van der Waals surface area contributed by atoms with Gasteiger partial charge in [-0.3, -0.25) is 19.5 Å². The smallest absolute Gasteiger partial charge is 0.250 e. The molecule has 4 atom stereocenters. The van der Waals surface area contributed by atoms with Crippen molar-refractivity contribution in [3.05, 3.63) is 100 Å². The van der Waals surface area contributed by atoms with Gasteiger partial charge in [0, 0.05) is 56.2 Å². The van der Waals surface area contributed by atoms with Crippen LogP contribution in [0.1, 0.15) is 23.0 Å². The maximum Gasteiger partial charge on any atom is 0.250 e. The zero-order chi connectivity index (χ0) is 22.1. The molecule has 2 aliphatic heterocycles. The van der Waals surface area contributed by atoms with Crippen LogP contribution >= 0.6 is 0 Å². The zero-order valence-electron chi connectivity index (χ0n) is 17.7. The molecule has 1 saturated heterocycles. The molecule has 0 aliphatic carbocycles. The van der Waals surface area contributed by atoms with Crippen LogP contribution < -0.4 is 10.9 Å². The van der Waals surface area contributed by atoms with E-state index in [1.165, 1.54) is 0 Å². The third-order valence-corrected chi connectivity index (χ3v) is 6.73. The predicted octanol–water partition coefficient (Wildman–Crippen LogP) is 1.72. The van der Waals surface area contributed by atoms with Crippen molar-refractivity contribution in [2.24, 2.45) is 11.8 Å². The van der Waals surface area contributed by atoms with Gasteiger partial charge in [-0.15, -0.1) is 0 Å². The van der Waals surface area contributed by atoms with Gasteiger partial charge in [-0.25, -0.2) is 0 Å². The summed E-state index contributed by atoms with van der Waals surface area (Å²) in [6, 6.07) is 20.3. The summed E-state index contributed by atoms with van der Waals surface area (Å²) in [7, 11) is 0. The number of benzene rings is 1. The van der Waals surface area contributed by atoms with E-state index in [1.54, 1.807) is 22.9 Å². The van der Waals surface area contributed by atoms with E-state index < -0.39 is 5.92 Å². The van der Waals surface area contributed by atoms with Crippen molar-refractivity contribution >= 4 is 5.91 Å². The van der Waals surface area contributed by atoms with Gasteiger partial charge in [-0.2, -0.15) is 0 Å². The lowest BCUT2D eigenvalue weighted by Gasteiger charge is -2.37. The number of carbonyl (C=O) groups is 1. The number of hydrogen-bond acceptors (Lipinski definition) is 5. The Morgan fingerprint density at radius 2 is 1.88 bits per heavy atom. The Morgan fingerprint density at radius 1 is 1.06 bits per heavy atom. The highest BCUT2D eigenvalue weighted by molar-refractivity contribution is 5.80. The molecular weight excluding hydrogens is 404 g/mol. The first-order valence-corrected chi connectivity index (χ1v) is 11.0. The van der Waals surface area contributed by atoms with Crippen LogP contribution in [0.4, 0.5) is 0 Å². The number of nitrogens with zero attached hydrogens (tertiary/aromatic N) is 3. The van der Waals surface area contributed by atoms with E-state index in [2.05, 4.69) is 15.2 Å². The summed E-state index contributed by atoms with van der Waals surface area (Å²) in [4.78, 5) is 32.8. The Balaban J connectivity index is 1.50. The number of nitrogens with one attached hydrogen (secondary N) is 1. The van der Waals surface area contributed by atoms with Gasteiger partial charge in [-0.1, -0.05) is 42.5 Å². The molecule has 4 heterocycles. The highest BCUT2D eigenvalue weighted by Crippen LogP contribution is 2.48. The van der Waals surface area contributed by atoms with Gasteiger partial charge in [0.2, 0.25) is 5.91 Å². The van der Waals surface area contributed by atoms with E-state index in [-0.39, 0.29) is 36.1 Å². The average Bonchev–Trinajstić information content (AvgIpc) is 3.03. The minimum Gasteiger partial charge on any atom is -0.396 e. The third-order valence-electron chi connectivity index (χ3n) is 6.73. The van der Waals surface area contributed by atoms with Gasteiger partial charge in [0.05, 0.1) is 17.7 Å². The number of amides is 1. The molecule has 32 heavy (non-hydrogen) atoms. The van der Waals surface area contributed by atoms with Crippen LogP contribution in [0.2, 0.25) is 0 Å². The van der Waals surface area contributed by atoms with Crippen molar-refractivity contribution in [3.8, 4) is 0 Å². The summed E-state index contributed by atoms with van der Waals surface area (Å²) < 4.78 is 1.76. The average molecular weight is 431 g/mol. The minimum absolute atomic E-state index is 0.0722. The van der Waals surface area contributed by atoms with Crippen LogP contribution in [-0.2, 0) is 24.4 Å². The second-order valence-electron chi connectivity index (χ2n) is 8.48. The molecule has 1 fully saturated rings. The number of rotatable bonds is 6. The summed E-state index contributed by atoms with van der Waals surface area (Å²) in [5.74, 6) is -0.845. The summed E-state index contributed by atoms with van der Waals surface area (Å²) in [6.45, 7) is 1.31. The summed E-state index contributed by atoms with van der Waals surface area (Å²) >= 11 is 0. The largest absolute Gasteiger partial charge is 0.396 e. The maximum atomic E-state index is 13.5. The Morgan fingerprint density at radius 3 is 2.62 bits per heavy atom. The number of aromatic nitrogens is 2. The van der Waals surface area contributed by atoms with E-state index in [4.69, 9.17) is 0 Å². The van der Waals surface area contributed by atoms with E-state index in [1.807, 2.05) is 54.6 Å². The first kappa shape index (κ1) is 20.6. The second-order valence-corrected chi connectivity index (χ2v) is 8.48. The number of fused-ring (bicyclic) bond motifs is 4. The van der Waals surface area contributed by atoms with E-state index in [0.717, 1.165) is 17.0 Å². The van der Waals surface area contributed by atoms with Gasteiger partial charge in [0.25, 0.3) is 5.56 Å². The Bertz CT molecular complexity index is 1150. The Labute approximate surface area is 186 Å². The quantitative estimate of drug-likeness (QED) is 0.622.